The van der Waals surface area contributed by atoms with E-state index in [2.05, 4.69) is 4.98 Å². The molecule has 0 aliphatic carbocycles. The maximum Gasteiger partial charge on any atom is 0.279 e. The van der Waals surface area contributed by atoms with E-state index in [9.17, 15) is 0 Å². The lowest BCUT2D eigenvalue weighted by atomic mass is 10.3. The molecule has 17 heavy (non-hydrogen) atoms. The molecule has 0 saturated carbocycles. The van der Waals surface area contributed by atoms with Gasteiger partial charge in [-0.15, -0.1) is 0 Å². The first kappa shape index (κ1) is 11.7. The highest BCUT2D eigenvalue weighted by atomic mass is 32.1. The van der Waals surface area contributed by atoms with Gasteiger partial charge in [0.25, 0.3) is 5.19 Å². The molecule has 0 aliphatic heterocycles. The first-order valence-corrected chi connectivity index (χ1v) is 5.97. The summed E-state index contributed by atoms with van der Waals surface area (Å²) in [6, 6.07) is 5.30. The van der Waals surface area contributed by atoms with Crippen LogP contribution in [0.3, 0.4) is 0 Å². The van der Waals surface area contributed by atoms with Crippen LogP contribution in [0.2, 0.25) is 0 Å². The van der Waals surface area contributed by atoms with Crippen molar-refractivity contribution in [2.45, 2.75) is 13.8 Å². The Bertz CT molecular complexity index is 518. The fourth-order valence-corrected chi connectivity index (χ4v) is 2.08. The second kappa shape index (κ2) is 4.63. The molecule has 0 atom stereocenters. The van der Waals surface area contributed by atoms with Gasteiger partial charge >= 0.3 is 0 Å². The number of hydrogen-bond donors (Lipinski definition) is 1. The molecular formula is C12H14N2O2S. The van der Waals surface area contributed by atoms with Crippen LogP contribution < -0.4 is 15.2 Å². The van der Waals surface area contributed by atoms with Crippen LogP contribution in [0.4, 0.5) is 5.69 Å². The first-order chi connectivity index (χ1) is 8.10. The van der Waals surface area contributed by atoms with Crippen molar-refractivity contribution in [3.05, 3.63) is 28.8 Å². The highest BCUT2D eigenvalue weighted by molar-refractivity contribution is 7.13. The lowest BCUT2D eigenvalue weighted by Gasteiger charge is -2.07. The molecule has 0 amide bonds. The molecule has 0 spiro atoms. The molecule has 0 unspecified atom stereocenters. The lowest BCUT2D eigenvalue weighted by molar-refractivity contribution is 0.409. The van der Waals surface area contributed by atoms with Crippen LogP contribution in [0.5, 0.6) is 16.7 Å². The highest BCUT2D eigenvalue weighted by Crippen LogP contribution is 2.33. The molecule has 1 heterocycles. The van der Waals surface area contributed by atoms with Crippen LogP contribution in [0.1, 0.15) is 10.6 Å². The van der Waals surface area contributed by atoms with Gasteiger partial charge in [-0.3, -0.25) is 0 Å². The molecule has 2 rings (SSSR count). The number of anilines is 1. The molecule has 2 aromatic rings. The van der Waals surface area contributed by atoms with Gasteiger partial charge in [0, 0.05) is 10.9 Å². The lowest BCUT2D eigenvalue weighted by Crippen LogP contribution is -1.93. The number of methoxy groups -OCH3 is 1. The van der Waals surface area contributed by atoms with Crippen molar-refractivity contribution in [1.29, 1.82) is 0 Å². The zero-order valence-corrected chi connectivity index (χ0v) is 10.8. The van der Waals surface area contributed by atoms with Crippen molar-refractivity contribution < 1.29 is 9.47 Å². The Morgan fingerprint density at radius 1 is 1.29 bits per heavy atom. The molecule has 90 valence electrons. The molecule has 0 saturated heterocycles. The summed E-state index contributed by atoms with van der Waals surface area (Å²) in [7, 11) is 1.60. The minimum atomic E-state index is 0.566. The van der Waals surface area contributed by atoms with Gasteiger partial charge in [0.2, 0.25) is 0 Å². The van der Waals surface area contributed by atoms with E-state index in [0.717, 1.165) is 10.6 Å². The molecule has 0 fully saturated rings. The molecular weight excluding hydrogens is 236 g/mol. The number of nitrogens with two attached hydrogens (primary N) is 1. The number of benzene rings is 1. The van der Waals surface area contributed by atoms with E-state index < -0.39 is 0 Å². The smallest absolute Gasteiger partial charge is 0.279 e. The Morgan fingerprint density at radius 2 is 2.06 bits per heavy atom. The van der Waals surface area contributed by atoms with Crippen molar-refractivity contribution in [3.63, 3.8) is 0 Å². The molecule has 0 radical (unpaired) electrons. The van der Waals surface area contributed by atoms with Gasteiger partial charge in [0.05, 0.1) is 18.5 Å². The summed E-state index contributed by atoms with van der Waals surface area (Å²) in [5, 5.41) is 0.597. The van der Waals surface area contributed by atoms with E-state index in [1.807, 2.05) is 13.8 Å². The number of hydrogen-bond acceptors (Lipinski definition) is 5. The Kier molecular flexibility index (Phi) is 3.19. The maximum atomic E-state index is 5.83. The van der Waals surface area contributed by atoms with Gasteiger partial charge in [-0.1, -0.05) is 11.3 Å². The summed E-state index contributed by atoms with van der Waals surface area (Å²) >= 11 is 1.50. The van der Waals surface area contributed by atoms with Crippen molar-refractivity contribution >= 4 is 17.0 Å². The number of nitrogens with zero attached hydrogens (tertiary/aromatic N) is 1. The summed E-state index contributed by atoms with van der Waals surface area (Å²) in [5.74, 6) is 1.28. The average molecular weight is 250 g/mol. The average Bonchev–Trinajstić information content (AvgIpc) is 2.61. The van der Waals surface area contributed by atoms with Gasteiger partial charge in [0.15, 0.2) is 5.75 Å². The Hall–Kier alpha value is -1.75. The minimum absolute atomic E-state index is 0.566. The number of thiazole rings is 1. The van der Waals surface area contributed by atoms with Gasteiger partial charge in [-0.05, 0) is 26.0 Å². The van der Waals surface area contributed by atoms with Crippen molar-refractivity contribution in [2.24, 2.45) is 0 Å². The van der Waals surface area contributed by atoms with Crippen molar-refractivity contribution in [2.75, 3.05) is 12.8 Å². The standard InChI is InChI=1S/C12H14N2O2S/c1-7-8(2)17-12(14-7)16-11-6-9(15-3)4-5-10(11)13/h4-6H,13H2,1-3H3. The van der Waals surface area contributed by atoms with Gasteiger partial charge in [-0.2, -0.15) is 0 Å². The third-order valence-electron chi connectivity index (χ3n) is 2.43. The van der Waals surface area contributed by atoms with Gasteiger partial charge in [0.1, 0.15) is 5.75 Å². The van der Waals surface area contributed by atoms with E-state index in [-0.39, 0.29) is 0 Å². The summed E-state index contributed by atoms with van der Waals surface area (Å²) in [6.45, 7) is 3.96. The van der Waals surface area contributed by atoms with Crippen LogP contribution in [-0.2, 0) is 0 Å². The van der Waals surface area contributed by atoms with Crippen LogP contribution >= 0.6 is 11.3 Å². The van der Waals surface area contributed by atoms with E-state index in [4.69, 9.17) is 15.2 Å². The van der Waals surface area contributed by atoms with Crippen LogP contribution in [0.15, 0.2) is 18.2 Å². The SMILES string of the molecule is COc1ccc(N)c(Oc2nc(C)c(C)s2)c1. The zero-order chi connectivity index (χ0) is 12.4. The number of aromatic nitrogens is 1. The Balaban J connectivity index is 2.28. The van der Waals surface area contributed by atoms with Gasteiger partial charge < -0.3 is 15.2 Å². The topological polar surface area (TPSA) is 57.4 Å². The molecule has 1 aromatic carbocycles. The van der Waals surface area contributed by atoms with Gasteiger partial charge in [-0.25, -0.2) is 4.98 Å². The van der Waals surface area contributed by atoms with E-state index in [1.165, 1.54) is 11.3 Å². The normalized spacial score (nSPS) is 10.3. The Labute approximate surface area is 104 Å². The van der Waals surface area contributed by atoms with Crippen molar-refractivity contribution in [3.8, 4) is 16.7 Å². The fraction of sp³-hybridized carbons (Fsp3) is 0.250. The fourth-order valence-electron chi connectivity index (χ4n) is 1.31. The Morgan fingerprint density at radius 3 is 2.65 bits per heavy atom. The van der Waals surface area contributed by atoms with Crippen LogP contribution in [-0.4, -0.2) is 12.1 Å². The molecule has 4 nitrogen and oxygen atoms in total. The number of nitrogen functional groups attached to an aromatic ring is 1. The second-order valence-corrected chi connectivity index (χ2v) is 4.79. The predicted octanol–water partition coefficient (Wildman–Crippen LogP) is 3.14. The molecule has 0 bridgehead atoms. The largest absolute Gasteiger partial charge is 0.497 e. The third-order valence-corrected chi connectivity index (χ3v) is 3.38. The highest BCUT2D eigenvalue weighted by Gasteiger charge is 2.09. The third kappa shape index (κ3) is 2.50. The number of aryl methyl sites for hydroxylation is 2. The first-order valence-electron chi connectivity index (χ1n) is 5.15. The summed E-state index contributed by atoms with van der Waals surface area (Å²) in [4.78, 5) is 5.44. The summed E-state index contributed by atoms with van der Waals surface area (Å²) < 4.78 is 10.8. The van der Waals surface area contributed by atoms with Crippen molar-refractivity contribution in [1.82, 2.24) is 4.98 Å². The maximum absolute atomic E-state index is 5.83. The number of ether oxygens (including phenoxy) is 2. The molecule has 2 N–H and O–H groups in total. The molecule has 1 aromatic heterocycles. The molecule has 0 aliphatic rings. The van der Waals surface area contributed by atoms with Crippen LogP contribution in [0.25, 0.3) is 0 Å². The second-order valence-electron chi connectivity index (χ2n) is 3.63. The van der Waals surface area contributed by atoms with E-state index in [0.29, 0.717) is 22.4 Å². The predicted molar refractivity (Wildman–Crippen MR) is 69.1 cm³/mol. The zero-order valence-electron chi connectivity index (χ0n) is 9.98. The summed E-state index contributed by atoms with van der Waals surface area (Å²) in [5.41, 5.74) is 7.38. The quantitative estimate of drug-likeness (QED) is 0.850. The number of rotatable bonds is 3. The van der Waals surface area contributed by atoms with Crippen LogP contribution in [0, 0.1) is 13.8 Å². The van der Waals surface area contributed by atoms with E-state index in [1.54, 1.807) is 25.3 Å². The monoisotopic (exact) mass is 250 g/mol. The molecule has 5 heteroatoms. The van der Waals surface area contributed by atoms with E-state index >= 15 is 0 Å². The minimum Gasteiger partial charge on any atom is -0.497 e. The summed E-state index contributed by atoms with van der Waals surface area (Å²) in [6.07, 6.45) is 0.